The fourth-order valence-electron chi connectivity index (χ4n) is 13.2. The first-order valence-corrected chi connectivity index (χ1v) is 18.2. The zero-order valence-electron chi connectivity index (χ0n) is 29.5. The summed E-state index contributed by atoms with van der Waals surface area (Å²) in [6.45, 7) is 20.0. The molecular weight excluding hydrogens is 582 g/mol. The smallest absolute Gasteiger partial charge is 0.335 e. The van der Waals surface area contributed by atoms with Crippen molar-refractivity contribution in [3.8, 4) is 0 Å². The van der Waals surface area contributed by atoms with Gasteiger partial charge in [0, 0.05) is 12.1 Å². The van der Waals surface area contributed by atoms with E-state index in [9.17, 15) is 14.7 Å². The van der Waals surface area contributed by atoms with Crippen LogP contribution in [0.15, 0.2) is 65.5 Å². The van der Waals surface area contributed by atoms with Crippen LogP contribution in [0.25, 0.3) is 5.57 Å². The molecular formula is C42H55NO4. The van der Waals surface area contributed by atoms with Gasteiger partial charge in [-0.15, -0.1) is 0 Å². The molecule has 0 saturated heterocycles. The summed E-state index contributed by atoms with van der Waals surface area (Å²) in [5, 5.41) is 12.8. The minimum atomic E-state index is -0.876. The average Bonchev–Trinajstić information content (AvgIpc) is 3.69. The van der Waals surface area contributed by atoms with Crippen molar-refractivity contribution in [1.82, 2.24) is 5.32 Å². The first-order valence-electron chi connectivity index (χ1n) is 18.2. The number of aromatic carboxylic acids is 1. The van der Waals surface area contributed by atoms with E-state index in [1.54, 1.807) is 24.7 Å². The van der Waals surface area contributed by atoms with Crippen molar-refractivity contribution in [3.05, 3.63) is 77.8 Å². The van der Waals surface area contributed by atoms with Crippen LogP contribution in [-0.4, -0.2) is 17.0 Å². The van der Waals surface area contributed by atoms with Crippen LogP contribution in [0.5, 0.6) is 0 Å². The first-order chi connectivity index (χ1) is 22.2. The highest BCUT2D eigenvalue weighted by Gasteiger charge is 2.71. The molecule has 7 rings (SSSR count). The van der Waals surface area contributed by atoms with Crippen LogP contribution in [0.4, 0.5) is 0 Å². The molecule has 1 amide bonds. The highest BCUT2D eigenvalue weighted by Crippen LogP contribution is 2.77. The molecule has 9 atom stereocenters. The lowest BCUT2D eigenvalue weighted by molar-refractivity contribution is -0.225. The molecule has 4 fully saturated rings. The lowest BCUT2D eigenvalue weighted by atomic mass is 9.32. The van der Waals surface area contributed by atoms with Crippen LogP contribution < -0.4 is 5.32 Å². The van der Waals surface area contributed by atoms with Crippen LogP contribution in [-0.2, 0) is 11.3 Å². The minimum Gasteiger partial charge on any atom is -0.478 e. The normalized spacial score (nSPS) is 40.2. The SMILES string of the molecule is C=C(C)C1CCC2(C(=O)NCc3ccoc3)CCC3(C)C(CCC4C5(C)CC=C(c6ccc(C(=O)O)cc6)C(C)(C)C5CCC43C)C12. The van der Waals surface area contributed by atoms with E-state index in [-0.39, 0.29) is 33.0 Å². The molecule has 0 radical (unpaired) electrons. The zero-order chi connectivity index (χ0) is 33.6. The number of hydrogen-bond donors (Lipinski definition) is 2. The summed E-state index contributed by atoms with van der Waals surface area (Å²) in [5.41, 5.74) is 5.38. The predicted molar refractivity (Wildman–Crippen MR) is 186 cm³/mol. The van der Waals surface area contributed by atoms with E-state index in [0.29, 0.717) is 41.7 Å². The van der Waals surface area contributed by atoms with Gasteiger partial charge in [-0.1, -0.05) is 65.0 Å². The molecule has 5 nitrogen and oxygen atoms in total. The van der Waals surface area contributed by atoms with Crippen molar-refractivity contribution in [2.45, 2.75) is 106 Å². The summed E-state index contributed by atoms with van der Waals surface area (Å²) in [6, 6.07) is 9.48. The Morgan fingerprint density at radius 1 is 0.915 bits per heavy atom. The Bertz CT molecular complexity index is 1600. The third-order valence-electron chi connectivity index (χ3n) is 15.6. The largest absolute Gasteiger partial charge is 0.478 e. The Morgan fingerprint density at radius 3 is 2.32 bits per heavy atom. The third-order valence-corrected chi connectivity index (χ3v) is 15.6. The van der Waals surface area contributed by atoms with Crippen LogP contribution in [0.2, 0.25) is 0 Å². The Balaban J connectivity index is 1.21. The summed E-state index contributed by atoms with van der Waals surface area (Å²) >= 11 is 0. The summed E-state index contributed by atoms with van der Waals surface area (Å²) in [6.07, 6.45) is 16.0. The molecule has 5 heteroatoms. The number of carbonyl (C=O) groups excluding carboxylic acids is 1. The number of carboxylic acid groups (broad SMARTS) is 1. The molecule has 2 aromatic rings. The molecule has 1 aromatic heterocycles. The summed E-state index contributed by atoms with van der Waals surface area (Å²) in [5.74, 6) is 1.80. The Hall–Kier alpha value is -3.08. The molecule has 0 aliphatic heterocycles. The second-order valence-corrected chi connectivity index (χ2v) is 17.6. The van der Waals surface area contributed by atoms with E-state index >= 15 is 0 Å². The molecule has 5 aliphatic carbocycles. The van der Waals surface area contributed by atoms with E-state index < -0.39 is 5.97 Å². The first kappa shape index (κ1) is 32.5. The average molecular weight is 638 g/mol. The fourth-order valence-corrected chi connectivity index (χ4v) is 13.2. The number of furan rings is 1. The van der Waals surface area contributed by atoms with Gasteiger partial charge in [0.25, 0.3) is 0 Å². The van der Waals surface area contributed by atoms with E-state index in [2.05, 4.69) is 59.5 Å². The molecule has 4 saturated carbocycles. The van der Waals surface area contributed by atoms with Gasteiger partial charge >= 0.3 is 5.97 Å². The number of hydrogen-bond acceptors (Lipinski definition) is 3. The van der Waals surface area contributed by atoms with Crippen molar-refractivity contribution < 1.29 is 19.1 Å². The quantitative estimate of drug-likeness (QED) is 0.309. The Kier molecular flexibility index (Phi) is 7.58. The Morgan fingerprint density at radius 2 is 1.66 bits per heavy atom. The number of benzene rings is 1. The molecule has 5 aliphatic rings. The van der Waals surface area contributed by atoms with Crippen molar-refractivity contribution in [3.63, 3.8) is 0 Å². The predicted octanol–water partition coefficient (Wildman–Crippen LogP) is 9.95. The molecule has 1 aromatic carbocycles. The van der Waals surface area contributed by atoms with E-state index in [1.807, 2.05) is 18.2 Å². The maximum atomic E-state index is 14.3. The van der Waals surface area contributed by atoms with Crippen molar-refractivity contribution >= 4 is 17.4 Å². The summed E-state index contributed by atoms with van der Waals surface area (Å²) < 4.78 is 5.28. The fraction of sp³-hybridized carbons (Fsp3) is 0.619. The van der Waals surface area contributed by atoms with Gasteiger partial charge in [-0.05, 0) is 145 Å². The number of carbonyl (C=O) groups is 2. The number of fused-ring (bicyclic) bond motifs is 7. The van der Waals surface area contributed by atoms with E-state index in [0.717, 1.165) is 43.2 Å². The van der Waals surface area contributed by atoms with Gasteiger partial charge < -0.3 is 14.8 Å². The maximum Gasteiger partial charge on any atom is 0.335 e. The number of rotatable bonds is 6. The highest BCUT2D eigenvalue weighted by atomic mass is 16.4. The van der Waals surface area contributed by atoms with Gasteiger partial charge in [0.15, 0.2) is 0 Å². The van der Waals surface area contributed by atoms with Gasteiger partial charge in [0.05, 0.1) is 23.5 Å². The van der Waals surface area contributed by atoms with Gasteiger partial charge in [0.2, 0.25) is 5.91 Å². The van der Waals surface area contributed by atoms with Gasteiger partial charge in [-0.3, -0.25) is 4.79 Å². The lowest BCUT2D eigenvalue weighted by Gasteiger charge is -2.72. The van der Waals surface area contributed by atoms with Crippen molar-refractivity contribution in [1.29, 1.82) is 0 Å². The van der Waals surface area contributed by atoms with Crippen LogP contribution >= 0.6 is 0 Å². The topological polar surface area (TPSA) is 79.5 Å². The van der Waals surface area contributed by atoms with Gasteiger partial charge in [-0.25, -0.2) is 4.79 Å². The summed E-state index contributed by atoms with van der Waals surface area (Å²) in [7, 11) is 0. The Labute approximate surface area is 281 Å². The van der Waals surface area contributed by atoms with Crippen LogP contribution in [0.1, 0.15) is 121 Å². The molecule has 1 heterocycles. The molecule has 252 valence electrons. The molecule has 9 unspecified atom stereocenters. The molecule has 47 heavy (non-hydrogen) atoms. The number of amides is 1. The molecule has 0 bridgehead atoms. The second-order valence-electron chi connectivity index (χ2n) is 17.6. The van der Waals surface area contributed by atoms with Crippen molar-refractivity contribution in [2.75, 3.05) is 0 Å². The number of carboxylic acids is 1. The lowest BCUT2D eigenvalue weighted by Crippen LogP contribution is -2.66. The zero-order valence-corrected chi connectivity index (χ0v) is 29.5. The molecule has 2 N–H and O–H groups in total. The van der Waals surface area contributed by atoms with E-state index in [1.165, 1.54) is 36.8 Å². The molecule has 0 spiro atoms. The monoisotopic (exact) mass is 637 g/mol. The van der Waals surface area contributed by atoms with Gasteiger partial charge in [-0.2, -0.15) is 0 Å². The van der Waals surface area contributed by atoms with Crippen LogP contribution in [0, 0.1) is 56.7 Å². The highest BCUT2D eigenvalue weighted by molar-refractivity contribution is 5.88. The standard InChI is InChI=1S/C42H55NO4/c1-26(2)30-14-20-42(37(46)43-24-27-17-23-47-25-27)22-21-40(6)32(35(30)42)12-13-34-39(5)18-15-31(28-8-10-29(11-9-28)36(44)45)38(3,4)33(39)16-19-41(34,40)7/h8-11,15,17,23,25,30,32-35H,1,12-14,16,18-22,24H2,2-7H3,(H,43,46)(H,44,45). The number of allylic oxidation sites excluding steroid dienone is 3. The van der Waals surface area contributed by atoms with E-state index in [4.69, 9.17) is 4.42 Å². The minimum absolute atomic E-state index is 0.0118. The van der Waals surface area contributed by atoms with Gasteiger partial charge in [0.1, 0.15) is 0 Å². The summed E-state index contributed by atoms with van der Waals surface area (Å²) in [4.78, 5) is 25.8. The second kappa shape index (κ2) is 11.0. The third kappa shape index (κ3) is 4.53. The number of nitrogens with one attached hydrogen (secondary N) is 1. The van der Waals surface area contributed by atoms with Crippen LogP contribution in [0.3, 0.4) is 0 Å². The van der Waals surface area contributed by atoms with Crippen molar-refractivity contribution in [2.24, 2.45) is 56.7 Å². The maximum absolute atomic E-state index is 14.3.